The molecular weight excluding hydrogens is 456 g/mol. The van der Waals surface area contributed by atoms with E-state index in [9.17, 15) is 14.4 Å². The molecule has 1 aliphatic rings. The van der Waals surface area contributed by atoms with Gasteiger partial charge in [0.2, 0.25) is 11.8 Å². The molecule has 1 N–H and O–H groups in total. The van der Waals surface area contributed by atoms with Gasteiger partial charge in [-0.15, -0.1) is 0 Å². The maximum absolute atomic E-state index is 13.3. The van der Waals surface area contributed by atoms with E-state index in [1.54, 1.807) is 11.9 Å². The largest absolute Gasteiger partial charge is 0.347 e. The predicted molar refractivity (Wildman–Crippen MR) is 142 cm³/mol. The van der Waals surface area contributed by atoms with Crippen LogP contribution in [0.2, 0.25) is 0 Å². The van der Waals surface area contributed by atoms with Gasteiger partial charge in [0.05, 0.1) is 11.5 Å². The number of likely N-dealkylation sites (N-methyl/N-ethyl adjacent to an activating group) is 2. The molecule has 1 aromatic carbocycles. The summed E-state index contributed by atoms with van der Waals surface area (Å²) in [5, 5.41) is 3.04. The van der Waals surface area contributed by atoms with Crippen molar-refractivity contribution in [2.75, 3.05) is 39.8 Å². The minimum atomic E-state index is -0.790. The molecule has 4 amide bonds. The molecule has 2 rings (SSSR count). The second kappa shape index (κ2) is 13.7. The lowest BCUT2D eigenvalue weighted by atomic mass is 9.72. The summed E-state index contributed by atoms with van der Waals surface area (Å²) in [6, 6.07) is 7.39. The molecule has 8 heteroatoms. The highest BCUT2D eigenvalue weighted by atomic mass is 16.5. The third kappa shape index (κ3) is 6.65. The van der Waals surface area contributed by atoms with Crippen molar-refractivity contribution >= 4 is 17.8 Å². The van der Waals surface area contributed by atoms with Gasteiger partial charge in [-0.1, -0.05) is 70.9 Å². The van der Waals surface area contributed by atoms with Crippen LogP contribution >= 0.6 is 0 Å². The molecule has 8 nitrogen and oxygen atoms in total. The van der Waals surface area contributed by atoms with Crippen LogP contribution in [0.4, 0.5) is 4.79 Å². The summed E-state index contributed by atoms with van der Waals surface area (Å²) >= 11 is 0. The van der Waals surface area contributed by atoms with Crippen molar-refractivity contribution in [1.82, 2.24) is 20.0 Å². The Balaban J connectivity index is 2.11. The van der Waals surface area contributed by atoms with Crippen molar-refractivity contribution in [2.45, 2.75) is 79.5 Å². The Kier molecular flexibility index (Phi) is 11.4. The van der Waals surface area contributed by atoms with Gasteiger partial charge in [-0.3, -0.25) is 9.59 Å². The number of rotatable bonds is 14. The number of β-lactam (4-membered cyclic amide) rings is 1. The number of ether oxygens (including phenoxy) is 1. The zero-order valence-electron chi connectivity index (χ0n) is 23.3. The molecule has 0 aromatic heterocycles. The minimum absolute atomic E-state index is 0.161. The molecule has 1 aromatic rings. The maximum atomic E-state index is 13.3. The van der Waals surface area contributed by atoms with Gasteiger partial charge in [-0.2, -0.15) is 0 Å². The van der Waals surface area contributed by atoms with Gasteiger partial charge in [-0.05, 0) is 44.8 Å². The Morgan fingerprint density at radius 2 is 1.67 bits per heavy atom. The number of nitrogens with zero attached hydrogens (tertiary/aromatic N) is 3. The van der Waals surface area contributed by atoms with Crippen LogP contribution in [0.1, 0.15) is 77.5 Å². The monoisotopic (exact) mass is 502 g/mol. The molecule has 202 valence electrons. The number of nitrogens with one attached hydrogen (secondary N) is 1. The number of carbonyl (C=O) groups is 3. The zero-order chi connectivity index (χ0) is 26.9. The van der Waals surface area contributed by atoms with Crippen molar-refractivity contribution < 1.29 is 19.1 Å². The minimum Gasteiger partial charge on any atom is -0.347 e. The second-order valence-corrected chi connectivity index (χ2v) is 9.75. The third-order valence-corrected chi connectivity index (χ3v) is 7.62. The molecule has 0 aliphatic carbocycles. The first kappa shape index (κ1) is 29.8. The summed E-state index contributed by atoms with van der Waals surface area (Å²) in [5.74, 6) is -0.400. The van der Waals surface area contributed by atoms with Crippen LogP contribution in [0.15, 0.2) is 24.3 Å². The first-order valence-electron chi connectivity index (χ1n) is 13.5. The fraction of sp³-hybridized carbons (Fsp3) is 0.679. The average molecular weight is 503 g/mol. The summed E-state index contributed by atoms with van der Waals surface area (Å²) in [5.41, 5.74) is 1.36. The highest BCUT2D eigenvalue weighted by Crippen LogP contribution is 2.46. The van der Waals surface area contributed by atoms with Gasteiger partial charge < -0.3 is 19.9 Å². The highest BCUT2D eigenvalue weighted by Gasteiger charge is 2.62. The molecule has 36 heavy (non-hydrogen) atoms. The van der Waals surface area contributed by atoms with Crippen molar-refractivity contribution in [2.24, 2.45) is 5.41 Å². The van der Waals surface area contributed by atoms with Crippen molar-refractivity contribution in [3.8, 4) is 0 Å². The van der Waals surface area contributed by atoms with E-state index in [0.717, 1.165) is 43.6 Å². The van der Waals surface area contributed by atoms with Crippen LogP contribution in [0.3, 0.4) is 0 Å². The number of hydrogen-bond donors (Lipinski definition) is 1. The van der Waals surface area contributed by atoms with E-state index in [-0.39, 0.29) is 24.5 Å². The molecule has 0 bridgehead atoms. The lowest BCUT2D eigenvalue weighted by Crippen LogP contribution is -2.72. The zero-order valence-corrected chi connectivity index (χ0v) is 23.3. The Labute approximate surface area is 217 Å². The SMILES string of the molecule is CCCC(NC(=O)N1C(=O)C(CC)(CC)C1OCC(=O)N(C)CCN(CC)CC)c1ccc(C)cc1. The number of carbonyl (C=O) groups excluding carboxylic acids is 3. The van der Waals surface area contributed by atoms with E-state index >= 15 is 0 Å². The van der Waals surface area contributed by atoms with Gasteiger partial charge >= 0.3 is 6.03 Å². The number of amides is 4. The molecule has 2 unspecified atom stereocenters. The van der Waals surface area contributed by atoms with Gasteiger partial charge in [0, 0.05) is 20.1 Å². The van der Waals surface area contributed by atoms with Crippen molar-refractivity contribution in [1.29, 1.82) is 0 Å². The number of imide groups is 1. The first-order chi connectivity index (χ1) is 17.2. The van der Waals surface area contributed by atoms with Gasteiger partial charge in [0.1, 0.15) is 6.61 Å². The second-order valence-electron chi connectivity index (χ2n) is 9.75. The third-order valence-electron chi connectivity index (χ3n) is 7.62. The number of benzene rings is 1. The first-order valence-corrected chi connectivity index (χ1v) is 13.5. The Bertz CT molecular complexity index is 865. The van der Waals surface area contributed by atoms with Crippen LogP contribution in [-0.2, 0) is 14.3 Å². The van der Waals surface area contributed by atoms with E-state index in [4.69, 9.17) is 4.74 Å². The number of hydrogen-bond acceptors (Lipinski definition) is 5. The van der Waals surface area contributed by atoms with Crippen LogP contribution < -0.4 is 5.32 Å². The topological polar surface area (TPSA) is 82.2 Å². The number of urea groups is 1. The summed E-state index contributed by atoms with van der Waals surface area (Å²) < 4.78 is 6.02. The molecule has 1 aliphatic heterocycles. The van der Waals surface area contributed by atoms with Gasteiger partial charge in [-0.25, -0.2) is 9.69 Å². The van der Waals surface area contributed by atoms with Crippen LogP contribution in [0.25, 0.3) is 0 Å². The lowest BCUT2D eigenvalue weighted by molar-refractivity contribution is -0.211. The quantitative estimate of drug-likeness (QED) is 0.383. The molecule has 1 fully saturated rings. The van der Waals surface area contributed by atoms with Crippen LogP contribution in [0, 0.1) is 12.3 Å². The fourth-order valence-electron chi connectivity index (χ4n) is 4.81. The molecular formula is C28H46N4O4. The van der Waals surface area contributed by atoms with E-state index in [1.165, 1.54) is 4.90 Å². The molecule has 1 saturated heterocycles. The van der Waals surface area contributed by atoms with Crippen molar-refractivity contribution in [3.63, 3.8) is 0 Å². The maximum Gasteiger partial charge on any atom is 0.326 e. The molecule has 1 heterocycles. The van der Waals surface area contributed by atoms with E-state index < -0.39 is 17.7 Å². The molecule has 0 saturated carbocycles. The normalized spacial score (nSPS) is 17.6. The Hall–Kier alpha value is -2.45. The molecule has 2 atom stereocenters. The smallest absolute Gasteiger partial charge is 0.326 e. The summed E-state index contributed by atoms with van der Waals surface area (Å²) in [4.78, 5) is 44.4. The average Bonchev–Trinajstić information content (AvgIpc) is 2.87. The predicted octanol–water partition coefficient (Wildman–Crippen LogP) is 4.34. The number of aryl methyl sites for hydroxylation is 1. The van der Waals surface area contributed by atoms with Crippen LogP contribution in [-0.4, -0.2) is 78.6 Å². The molecule has 0 radical (unpaired) electrons. The summed E-state index contributed by atoms with van der Waals surface area (Å²) in [6.45, 7) is 15.2. The van der Waals surface area contributed by atoms with Gasteiger partial charge in [0.15, 0.2) is 6.23 Å². The fourth-order valence-corrected chi connectivity index (χ4v) is 4.81. The number of likely N-dealkylation sites (tertiary alicyclic amines) is 1. The van der Waals surface area contributed by atoms with E-state index in [0.29, 0.717) is 19.4 Å². The standard InChI is InChI=1S/C28H46N4O4/c1-8-13-23(22-16-14-21(6)15-17-22)29-27(35)32-25(34)28(9-2,10-3)26(32)36-20-24(33)30(7)18-19-31(11-4)12-5/h14-17,23,26H,8-13,18-20H2,1-7H3,(H,29,35). The van der Waals surface area contributed by atoms with E-state index in [2.05, 4.69) is 31.0 Å². The van der Waals surface area contributed by atoms with Crippen molar-refractivity contribution in [3.05, 3.63) is 35.4 Å². The molecule has 0 spiro atoms. The summed E-state index contributed by atoms with van der Waals surface area (Å²) in [7, 11) is 1.76. The summed E-state index contributed by atoms with van der Waals surface area (Å²) in [6.07, 6.45) is 1.96. The van der Waals surface area contributed by atoms with Crippen LogP contribution in [0.5, 0.6) is 0 Å². The Morgan fingerprint density at radius 3 is 2.19 bits per heavy atom. The van der Waals surface area contributed by atoms with E-state index in [1.807, 2.05) is 45.0 Å². The highest BCUT2D eigenvalue weighted by molar-refractivity contribution is 6.03. The Morgan fingerprint density at radius 1 is 1.06 bits per heavy atom. The van der Waals surface area contributed by atoms with Gasteiger partial charge in [0.25, 0.3) is 0 Å². The lowest BCUT2D eigenvalue weighted by Gasteiger charge is -2.53.